The second-order valence-electron chi connectivity index (χ2n) is 8.15. The first-order valence-corrected chi connectivity index (χ1v) is 9.79. The number of amides is 1. The summed E-state index contributed by atoms with van der Waals surface area (Å²) in [5, 5.41) is 2.75. The average molecular weight is 413 g/mol. The van der Waals surface area contributed by atoms with Gasteiger partial charge in [0.15, 0.2) is 0 Å². The van der Waals surface area contributed by atoms with Crippen LogP contribution in [0.3, 0.4) is 0 Å². The predicted octanol–water partition coefficient (Wildman–Crippen LogP) is 3.97. The van der Waals surface area contributed by atoms with E-state index in [0.29, 0.717) is 11.3 Å². The van der Waals surface area contributed by atoms with Crippen LogP contribution in [0.25, 0.3) is 11.0 Å². The van der Waals surface area contributed by atoms with Gasteiger partial charge in [0.1, 0.15) is 5.82 Å². The Morgan fingerprint density at radius 1 is 1.21 bits per heavy atom. The standard InChI is InChI=1S/C20H23F4N3O2/c21-19(22)3-4-29-14(10-19)7-17-26-15-2-1-12(5-16(15)27-17)11-25-18(28)6-13-8-20(23,24)9-13/h1-2,5,13-14H,3-4,6-11H2,(H,25,28)(H,26,27). The van der Waals surface area contributed by atoms with Crippen molar-refractivity contribution in [2.75, 3.05) is 6.61 Å². The van der Waals surface area contributed by atoms with Crippen LogP contribution in [0.4, 0.5) is 17.6 Å². The number of halogens is 4. The molecule has 1 atom stereocenters. The molecule has 2 heterocycles. The molecule has 5 nitrogen and oxygen atoms in total. The molecule has 1 unspecified atom stereocenters. The SMILES string of the molecule is O=C(CC1CC(F)(F)C1)NCc1ccc2nc(CC3CC(F)(F)CCO3)[nH]c2c1. The molecule has 1 aliphatic carbocycles. The van der Waals surface area contributed by atoms with Crippen LogP contribution < -0.4 is 5.32 Å². The lowest BCUT2D eigenvalue weighted by Gasteiger charge is -2.34. The Hall–Kier alpha value is -2.16. The molecule has 1 aromatic heterocycles. The van der Waals surface area contributed by atoms with Gasteiger partial charge in [0, 0.05) is 45.1 Å². The number of nitrogens with zero attached hydrogens (tertiary/aromatic N) is 1. The van der Waals surface area contributed by atoms with E-state index in [1.807, 2.05) is 12.1 Å². The lowest BCUT2D eigenvalue weighted by Crippen LogP contribution is -2.38. The molecule has 1 saturated carbocycles. The number of fused-ring (bicyclic) bond motifs is 1. The summed E-state index contributed by atoms with van der Waals surface area (Å²) in [5.74, 6) is -5.24. The molecule has 158 valence electrons. The first kappa shape index (κ1) is 20.1. The van der Waals surface area contributed by atoms with Gasteiger partial charge in [-0.3, -0.25) is 4.79 Å². The Morgan fingerprint density at radius 3 is 2.72 bits per heavy atom. The Kier molecular flexibility index (Phi) is 5.27. The summed E-state index contributed by atoms with van der Waals surface area (Å²) in [6.45, 7) is 0.324. The van der Waals surface area contributed by atoms with E-state index in [1.54, 1.807) is 6.07 Å². The number of nitrogens with one attached hydrogen (secondary N) is 2. The average Bonchev–Trinajstić information content (AvgIpc) is 2.98. The van der Waals surface area contributed by atoms with Crippen molar-refractivity contribution in [1.29, 1.82) is 0 Å². The van der Waals surface area contributed by atoms with Gasteiger partial charge in [-0.2, -0.15) is 0 Å². The van der Waals surface area contributed by atoms with Crippen molar-refractivity contribution in [2.24, 2.45) is 5.92 Å². The zero-order valence-electron chi connectivity index (χ0n) is 15.8. The highest BCUT2D eigenvalue weighted by molar-refractivity contribution is 5.78. The highest BCUT2D eigenvalue weighted by Gasteiger charge is 2.45. The molecule has 1 saturated heterocycles. The van der Waals surface area contributed by atoms with E-state index >= 15 is 0 Å². The first-order valence-electron chi connectivity index (χ1n) is 9.79. The molecule has 0 radical (unpaired) electrons. The van der Waals surface area contributed by atoms with E-state index in [2.05, 4.69) is 15.3 Å². The lowest BCUT2D eigenvalue weighted by atomic mass is 9.79. The maximum absolute atomic E-state index is 13.5. The fourth-order valence-electron chi connectivity index (χ4n) is 4.00. The number of carbonyl (C=O) groups excluding carboxylic acids is 1. The van der Waals surface area contributed by atoms with E-state index in [-0.39, 0.29) is 63.5 Å². The molecular weight excluding hydrogens is 390 g/mol. The number of carbonyl (C=O) groups is 1. The van der Waals surface area contributed by atoms with Crippen LogP contribution in [-0.2, 0) is 22.5 Å². The maximum atomic E-state index is 13.5. The number of hydrogen-bond acceptors (Lipinski definition) is 3. The Morgan fingerprint density at radius 2 is 2.00 bits per heavy atom. The van der Waals surface area contributed by atoms with Gasteiger partial charge in [0.2, 0.25) is 11.8 Å². The molecule has 2 aliphatic rings. The summed E-state index contributed by atoms with van der Waals surface area (Å²) in [4.78, 5) is 19.5. The van der Waals surface area contributed by atoms with Gasteiger partial charge in [0.25, 0.3) is 5.92 Å². The smallest absolute Gasteiger partial charge is 0.252 e. The predicted molar refractivity (Wildman–Crippen MR) is 97.9 cm³/mol. The van der Waals surface area contributed by atoms with Gasteiger partial charge < -0.3 is 15.0 Å². The van der Waals surface area contributed by atoms with Crippen LogP contribution in [0.2, 0.25) is 0 Å². The van der Waals surface area contributed by atoms with Crippen molar-refractivity contribution >= 4 is 16.9 Å². The van der Waals surface area contributed by atoms with Crippen LogP contribution >= 0.6 is 0 Å². The molecular formula is C20H23F4N3O2. The fraction of sp³-hybridized carbons (Fsp3) is 0.600. The third-order valence-corrected chi connectivity index (χ3v) is 5.50. The van der Waals surface area contributed by atoms with Gasteiger partial charge in [-0.25, -0.2) is 22.5 Å². The van der Waals surface area contributed by atoms with Crippen LogP contribution in [0.1, 0.15) is 43.5 Å². The Balaban J connectivity index is 1.31. The summed E-state index contributed by atoms with van der Waals surface area (Å²) >= 11 is 0. The third-order valence-electron chi connectivity index (χ3n) is 5.50. The van der Waals surface area contributed by atoms with Crippen LogP contribution in [0.5, 0.6) is 0 Å². The molecule has 1 amide bonds. The van der Waals surface area contributed by atoms with E-state index in [0.717, 1.165) is 11.1 Å². The second kappa shape index (κ2) is 7.59. The van der Waals surface area contributed by atoms with Crippen LogP contribution in [0.15, 0.2) is 18.2 Å². The minimum Gasteiger partial charge on any atom is -0.377 e. The second-order valence-corrected chi connectivity index (χ2v) is 8.15. The number of rotatable bonds is 6. The summed E-state index contributed by atoms with van der Waals surface area (Å²) in [7, 11) is 0. The monoisotopic (exact) mass is 413 g/mol. The quantitative estimate of drug-likeness (QED) is 0.705. The lowest BCUT2D eigenvalue weighted by molar-refractivity contribution is -0.133. The summed E-state index contributed by atoms with van der Waals surface area (Å²) in [5.41, 5.74) is 2.28. The van der Waals surface area contributed by atoms with E-state index in [1.165, 1.54) is 0 Å². The molecule has 2 fully saturated rings. The van der Waals surface area contributed by atoms with Crippen molar-refractivity contribution in [1.82, 2.24) is 15.3 Å². The minimum absolute atomic E-state index is 0.0419. The van der Waals surface area contributed by atoms with Crippen molar-refractivity contribution in [2.45, 2.75) is 63.0 Å². The van der Waals surface area contributed by atoms with Gasteiger partial charge in [0.05, 0.1) is 23.7 Å². The highest BCUT2D eigenvalue weighted by atomic mass is 19.3. The zero-order valence-corrected chi connectivity index (χ0v) is 15.8. The Labute approximate surface area is 165 Å². The van der Waals surface area contributed by atoms with E-state index in [4.69, 9.17) is 4.74 Å². The molecule has 2 N–H and O–H groups in total. The molecule has 1 aromatic carbocycles. The van der Waals surface area contributed by atoms with Crippen LogP contribution in [0, 0.1) is 5.92 Å². The maximum Gasteiger partial charge on any atom is 0.252 e. The molecule has 9 heteroatoms. The van der Waals surface area contributed by atoms with Gasteiger partial charge in [-0.1, -0.05) is 6.07 Å². The number of benzene rings is 1. The number of imidazole rings is 1. The summed E-state index contributed by atoms with van der Waals surface area (Å²) in [6.07, 6.45) is -1.19. The van der Waals surface area contributed by atoms with Crippen LogP contribution in [-0.4, -0.2) is 40.4 Å². The molecule has 2 aromatic rings. The van der Waals surface area contributed by atoms with Gasteiger partial charge >= 0.3 is 0 Å². The molecule has 4 rings (SSSR count). The number of aromatic nitrogens is 2. The number of ether oxygens (including phenoxy) is 1. The van der Waals surface area contributed by atoms with Crippen molar-refractivity contribution in [3.8, 4) is 0 Å². The summed E-state index contributed by atoms with van der Waals surface area (Å²) < 4.78 is 58.2. The topological polar surface area (TPSA) is 67.0 Å². The van der Waals surface area contributed by atoms with E-state index < -0.39 is 17.9 Å². The fourth-order valence-corrected chi connectivity index (χ4v) is 4.00. The number of alkyl halides is 4. The molecule has 0 bridgehead atoms. The molecule has 0 spiro atoms. The first-order chi connectivity index (χ1) is 13.7. The number of H-pyrrole nitrogens is 1. The normalized spacial score (nSPS) is 23.7. The van der Waals surface area contributed by atoms with Gasteiger partial charge in [-0.05, 0) is 23.6 Å². The molecule has 29 heavy (non-hydrogen) atoms. The largest absolute Gasteiger partial charge is 0.377 e. The minimum atomic E-state index is -2.70. The number of aromatic amines is 1. The van der Waals surface area contributed by atoms with Crippen molar-refractivity contribution < 1.29 is 27.1 Å². The number of hydrogen-bond donors (Lipinski definition) is 2. The van der Waals surface area contributed by atoms with Crippen molar-refractivity contribution in [3.05, 3.63) is 29.6 Å². The zero-order chi connectivity index (χ0) is 20.6. The highest BCUT2D eigenvalue weighted by Crippen LogP contribution is 2.43. The third kappa shape index (κ3) is 5.07. The van der Waals surface area contributed by atoms with Crippen molar-refractivity contribution in [3.63, 3.8) is 0 Å². The Bertz CT molecular complexity index is 891. The van der Waals surface area contributed by atoms with Gasteiger partial charge in [-0.15, -0.1) is 0 Å². The molecule has 1 aliphatic heterocycles. The van der Waals surface area contributed by atoms with E-state index in [9.17, 15) is 22.4 Å². The summed E-state index contributed by atoms with van der Waals surface area (Å²) in [6, 6.07) is 5.44.